The molecule has 17 heavy (non-hydrogen) atoms. The van der Waals surface area contributed by atoms with Gasteiger partial charge in [0.15, 0.2) is 0 Å². The minimum atomic E-state index is -0.371. The Morgan fingerprint density at radius 3 is 2.65 bits per heavy atom. The second kappa shape index (κ2) is 7.44. The number of aromatic nitrogens is 1. The monoisotopic (exact) mass is 235 g/mol. The smallest absolute Gasteiger partial charge is 0.0830 e. The molecule has 0 aliphatic heterocycles. The molecule has 2 nitrogen and oxygen atoms in total. The number of pyridine rings is 1. The Hall–Kier alpha value is -0.890. The Bertz CT molecular complexity index is 324. The van der Waals surface area contributed by atoms with Crippen LogP contribution in [0, 0.1) is 12.8 Å². The van der Waals surface area contributed by atoms with Crippen LogP contribution in [0.4, 0.5) is 0 Å². The third kappa shape index (κ3) is 4.86. The molecule has 0 aliphatic rings. The van der Waals surface area contributed by atoms with Gasteiger partial charge in [-0.15, -0.1) is 0 Å². The van der Waals surface area contributed by atoms with Crippen LogP contribution in [0.2, 0.25) is 0 Å². The Labute approximate surface area is 105 Å². The predicted octanol–water partition coefficient (Wildman–Crippen LogP) is 4.03. The zero-order valence-electron chi connectivity index (χ0n) is 11.3. The van der Waals surface area contributed by atoms with Crippen molar-refractivity contribution in [3.8, 4) is 0 Å². The number of aryl methyl sites for hydroxylation is 1. The standard InChI is InChI=1S/C15H25NO/c1-4-5-6-7-8-13(3)15(17)14-9-12(2)10-16-11-14/h9-11,13,15,17H,4-8H2,1-3H3. The van der Waals surface area contributed by atoms with Gasteiger partial charge in [0, 0.05) is 12.4 Å². The molecular formula is C15H25NO. The van der Waals surface area contributed by atoms with Gasteiger partial charge in [-0.05, 0) is 30.4 Å². The highest BCUT2D eigenvalue weighted by molar-refractivity contribution is 5.19. The molecule has 2 heteroatoms. The van der Waals surface area contributed by atoms with Crippen molar-refractivity contribution in [1.82, 2.24) is 4.98 Å². The number of nitrogens with zero attached hydrogens (tertiary/aromatic N) is 1. The van der Waals surface area contributed by atoms with E-state index in [1.165, 1.54) is 25.7 Å². The van der Waals surface area contributed by atoms with E-state index in [9.17, 15) is 5.11 Å². The quantitative estimate of drug-likeness (QED) is 0.724. The fourth-order valence-corrected chi connectivity index (χ4v) is 2.12. The molecule has 0 aromatic carbocycles. The summed E-state index contributed by atoms with van der Waals surface area (Å²) >= 11 is 0. The van der Waals surface area contributed by atoms with Crippen molar-refractivity contribution in [2.24, 2.45) is 5.92 Å². The molecule has 1 rings (SSSR count). The molecule has 1 heterocycles. The van der Waals surface area contributed by atoms with Crippen molar-refractivity contribution in [3.63, 3.8) is 0 Å². The van der Waals surface area contributed by atoms with E-state index in [-0.39, 0.29) is 6.10 Å². The first-order valence-electron chi connectivity index (χ1n) is 6.74. The second-order valence-corrected chi connectivity index (χ2v) is 5.07. The maximum absolute atomic E-state index is 10.2. The van der Waals surface area contributed by atoms with Gasteiger partial charge < -0.3 is 5.11 Å². The van der Waals surface area contributed by atoms with Crippen LogP contribution in [-0.4, -0.2) is 10.1 Å². The Morgan fingerprint density at radius 2 is 2.00 bits per heavy atom. The lowest BCUT2D eigenvalue weighted by molar-refractivity contribution is 0.110. The van der Waals surface area contributed by atoms with E-state index in [0.29, 0.717) is 5.92 Å². The van der Waals surface area contributed by atoms with Crippen LogP contribution in [0.25, 0.3) is 0 Å². The van der Waals surface area contributed by atoms with Crippen molar-refractivity contribution in [1.29, 1.82) is 0 Å². The number of rotatable bonds is 7. The van der Waals surface area contributed by atoms with Gasteiger partial charge in [0.25, 0.3) is 0 Å². The van der Waals surface area contributed by atoms with E-state index in [0.717, 1.165) is 17.5 Å². The maximum Gasteiger partial charge on any atom is 0.0830 e. The highest BCUT2D eigenvalue weighted by Crippen LogP contribution is 2.26. The molecule has 0 amide bonds. The van der Waals surface area contributed by atoms with E-state index in [1.807, 2.05) is 19.2 Å². The summed E-state index contributed by atoms with van der Waals surface area (Å²) in [7, 11) is 0. The molecule has 0 saturated carbocycles. The van der Waals surface area contributed by atoms with Crippen molar-refractivity contribution < 1.29 is 5.11 Å². The molecule has 0 saturated heterocycles. The number of aliphatic hydroxyl groups is 1. The maximum atomic E-state index is 10.2. The summed E-state index contributed by atoms with van der Waals surface area (Å²) in [4.78, 5) is 4.14. The second-order valence-electron chi connectivity index (χ2n) is 5.07. The van der Waals surface area contributed by atoms with Crippen LogP contribution in [-0.2, 0) is 0 Å². The molecule has 1 N–H and O–H groups in total. The predicted molar refractivity (Wildman–Crippen MR) is 71.9 cm³/mol. The first kappa shape index (κ1) is 14.2. The summed E-state index contributed by atoms with van der Waals surface area (Å²) in [6.07, 6.45) is 9.37. The average molecular weight is 235 g/mol. The SMILES string of the molecule is CCCCCCC(C)C(O)c1cncc(C)c1. The van der Waals surface area contributed by atoms with Crippen LogP contribution < -0.4 is 0 Å². The van der Waals surface area contributed by atoms with Crippen LogP contribution >= 0.6 is 0 Å². The van der Waals surface area contributed by atoms with Gasteiger partial charge in [-0.2, -0.15) is 0 Å². The summed E-state index contributed by atoms with van der Waals surface area (Å²) in [6, 6.07) is 2.03. The van der Waals surface area contributed by atoms with Gasteiger partial charge in [0.1, 0.15) is 0 Å². The van der Waals surface area contributed by atoms with Crippen molar-refractivity contribution in [2.45, 2.75) is 59.0 Å². The third-order valence-corrected chi connectivity index (χ3v) is 3.29. The normalized spacial score (nSPS) is 14.6. The highest BCUT2D eigenvalue weighted by atomic mass is 16.3. The minimum Gasteiger partial charge on any atom is -0.388 e. The fourth-order valence-electron chi connectivity index (χ4n) is 2.12. The molecule has 1 aromatic rings. The van der Waals surface area contributed by atoms with Crippen LogP contribution in [0.15, 0.2) is 18.5 Å². The summed E-state index contributed by atoms with van der Waals surface area (Å²) in [5, 5.41) is 10.2. The molecular weight excluding hydrogens is 210 g/mol. The van der Waals surface area contributed by atoms with Crippen molar-refractivity contribution in [3.05, 3.63) is 29.6 Å². The molecule has 0 spiro atoms. The molecule has 0 aliphatic carbocycles. The summed E-state index contributed by atoms with van der Waals surface area (Å²) < 4.78 is 0. The van der Waals surface area contributed by atoms with E-state index in [1.54, 1.807) is 6.20 Å². The minimum absolute atomic E-state index is 0.315. The Balaban J connectivity index is 2.43. The van der Waals surface area contributed by atoms with Crippen LogP contribution in [0.5, 0.6) is 0 Å². The van der Waals surface area contributed by atoms with Gasteiger partial charge >= 0.3 is 0 Å². The van der Waals surface area contributed by atoms with Crippen molar-refractivity contribution >= 4 is 0 Å². The van der Waals surface area contributed by atoms with Gasteiger partial charge in [-0.1, -0.05) is 45.6 Å². The molecule has 96 valence electrons. The molecule has 0 fully saturated rings. The van der Waals surface area contributed by atoms with E-state index >= 15 is 0 Å². The summed E-state index contributed by atoms with van der Waals surface area (Å²) in [5.74, 6) is 0.315. The summed E-state index contributed by atoms with van der Waals surface area (Å²) in [5.41, 5.74) is 2.06. The topological polar surface area (TPSA) is 33.1 Å². The Kier molecular flexibility index (Phi) is 6.20. The first-order chi connectivity index (χ1) is 8.15. The number of hydrogen-bond donors (Lipinski definition) is 1. The number of hydrogen-bond acceptors (Lipinski definition) is 2. The number of unbranched alkanes of at least 4 members (excludes halogenated alkanes) is 3. The average Bonchev–Trinajstić information content (AvgIpc) is 2.33. The molecule has 2 atom stereocenters. The van der Waals surface area contributed by atoms with Crippen LogP contribution in [0.3, 0.4) is 0 Å². The third-order valence-electron chi connectivity index (χ3n) is 3.29. The molecule has 0 bridgehead atoms. The summed E-state index contributed by atoms with van der Waals surface area (Å²) in [6.45, 7) is 6.35. The molecule has 0 radical (unpaired) electrons. The number of aliphatic hydroxyl groups excluding tert-OH is 1. The van der Waals surface area contributed by atoms with E-state index < -0.39 is 0 Å². The van der Waals surface area contributed by atoms with E-state index in [4.69, 9.17) is 0 Å². The first-order valence-corrected chi connectivity index (χ1v) is 6.74. The van der Waals surface area contributed by atoms with Gasteiger partial charge in [0.05, 0.1) is 6.10 Å². The lowest BCUT2D eigenvalue weighted by Crippen LogP contribution is -2.09. The molecule has 2 unspecified atom stereocenters. The Morgan fingerprint density at radius 1 is 1.24 bits per heavy atom. The fraction of sp³-hybridized carbons (Fsp3) is 0.667. The van der Waals surface area contributed by atoms with Gasteiger partial charge in [-0.25, -0.2) is 0 Å². The van der Waals surface area contributed by atoms with Crippen LogP contribution in [0.1, 0.15) is 63.2 Å². The lowest BCUT2D eigenvalue weighted by Gasteiger charge is -2.19. The lowest BCUT2D eigenvalue weighted by atomic mass is 9.93. The zero-order valence-corrected chi connectivity index (χ0v) is 11.3. The largest absolute Gasteiger partial charge is 0.388 e. The highest BCUT2D eigenvalue weighted by Gasteiger charge is 2.16. The zero-order chi connectivity index (χ0) is 12.7. The van der Waals surface area contributed by atoms with Gasteiger partial charge in [0.2, 0.25) is 0 Å². The van der Waals surface area contributed by atoms with Gasteiger partial charge in [-0.3, -0.25) is 4.98 Å². The van der Waals surface area contributed by atoms with Crippen molar-refractivity contribution in [2.75, 3.05) is 0 Å². The van der Waals surface area contributed by atoms with E-state index in [2.05, 4.69) is 18.8 Å². The molecule has 1 aromatic heterocycles.